The monoisotopic (exact) mass is 588 g/mol. The summed E-state index contributed by atoms with van der Waals surface area (Å²) < 4.78 is 81.5. The quantitative estimate of drug-likeness (QED) is 0.235. The number of carbonyl (C=O) groups excluding carboxylic acids is 2. The second-order valence-corrected chi connectivity index (χ2v) is 8.96. The highest BCUT2D eigenvalue weighted by Gasteiger charge is 2.40. The lowest BCUT2D eigenvalue weighted by molar-refractivity contribution is -0.145. The summed E-state index contributed by atoms with van der Waals surface area (Å²) in [6.07, 6.45) is -9.63. The Morgan fingerprint density at radius 3 is 2.13 bits per heavy atom. The summed E-state index contributed by atoms with van der Waals surface area (Å²) in [5, 5.41) is 4.54. The van der Waals surface area contributed by atoms with Crippen LogP contribution in [0.3, 0.4) is 0 Å². The number of hydrogen-bond donors (Lipinski definition) is 2. The van der Waals surface area contributed by atoms with E-state index in [0.29, 0.717) is 11.6 Å². The summed E-state index contributed by atoms with van der Waals surface area (Å²) in [7, 11) is 0. The lowest BCUT2D eigenvalue weighted by Crippen LogP contribution is -2.25. The molecule has 2 N–H and O–H groups in total. The second-order valence-electron chi connectivity index (χ2n) is 8.15. The first kappa shape index (κ1) is 28.2. The first-order chi connectivity index (χ1) is 18.2. The van der Waals surface area contributed by atoms with Gasteiger partial charge in [-0.3, -0.25) is 4.79 Å². The van der Waals surface area contributed by atoms with Crippen molar-refractivity contribution in [3.63, 3.8) is 0 Å². The average molecular weight is 589 g/mol. The number of aryl methyl sites for hydroxylation is 1. The molecule has 0 bridgehead atoms. The van der Waals surface area contributed by atoms with Gasteiger partial charge in [-0.05, 0) is 48.4 Å². The number of nitrogens with zero attached hydrogens (tertiary/aromatic N) is 2. The van der Waals surface area contributed by atoms with Gasteiger partial charge in [-0.1, -0.05) is 48.3 Å². The third kappa shape index (κ3) is 5.66. The first-order valence-electron chi connectivity index (χ1n) is 11.1. The van der Waals surface area contributed by atoms with Crippen LogP contribution in [-0.2, 0) is 18.8 Å². The Balaban J connectivity index is 1.84. The number of aromatic nitrogens is 2. The zero-order valence-corrected chi connectivity index (χ0v) is 21.1. The maximum Gasteiger partial charge on any atom is 0.450 e. The summed E-state index contributed by atoms with van der Waals surface area (Å²) >= 11 is 12.2. The Bertz CT molecular complexity index is 1580. The van der Waals surface area contributed by atoms with E-state index in [1.54, 1.807) is 6.92 Å². The zero-order chi connectivity index (χ0) is 28.7. The number of benzene rings is 3. The van der Waals surface area contributed by atoms with Crippen molar-refractivity contribution in [1.29, 1.82) is 0 Å². The van der Waals surface area contributed by atoms with Crippen LogP contribution in [0.5, 0.6) is 0 Å². The number of carbonyl (C=O) groups is 2. The van der Waals surface area contributed by atoms with E-state index in [9.17, 15) is 35.9 Å². The van der Waals surface area contributed by atoms with E-state index in [4.69, 9.17) is 23.2 Å². The van der Waals surface area contributed by atoms with Crippen LogP contribution in [0.2, 0.25) is 10.0 Å². The van der Waals surface area contributed by atoms with E-state index in [0.717, 1.165) is 18.2 Å². The molecule has 0 aliphatic heterocycles. The van der Waals surface area contributed by atoms with Gasteiger partial charge in [0.1, 0.15) is 5.52 Å². The average Bonchev–Trinajstić information content (AvgIpc) is 3.25. The van der Waals surface area contributed by atoms with Gasteiger partial charge in [0, 0.05) is 5.69 Å². The number of fused-ring (bicyclic) bond motifs is 1. The normalized spacial score (nSPS) is 12.0. The molecule has 0 aliphatic carbocycles. The Morgan fingerprint density at radius 1 is 0.897 bits per heavy atom. The van der Waals surface area contributed by atoms with Gasteiger partial charge in [-0.15, -0.1) is 0 Å². The second kappa shape index (κ2) is 10.4. The molecule has 6 nitrogen and oxygen atoms in total. The van der Waals surface area contributed by atoms with Gasteiger partial charge in [0.25, 0.3) is 5.91 Å². The number of hydrogen-bond acceptors (Lipinski definition) is 3. The van der Waals surface area contributed by atoms with Gasteiger partial charge < -0.3 is 10.6 Å². The van der Waals surface area contributed by atoms with Crippen LogP contribution in [0.1, 0.15) is 34.2 Å². The molecule has 1 heterocycles. The van der Waals surface area contributed by atoms with E-state index in [2.05, 4.69) is 15.6 Å². The van der Waals surface area contributed by atoms with E-state index in [1.807, 2.05) is 0 Å². The maximum absolute atomic E-state index is 14.0. The van der Waals surface area contributed by atoms with Gasteiger partial charge in [-0.25, -0.2) is 14.3 Å². The fourth-order valence-electron chi connectivity index (χ4n) is 3.86. The fraction of sp³-hybridized carbons (Fsp3) is 0.160. The van der Waals surface area contributed by atoms with Crippen LogP contribution >= 0.6 is 23.2 Å². The lowest BCUT2D eigenvalue weighted by Gasteiger charge is -2.14. The van der Waals surface area contributed by atoms with Crippen molar-refractivity contribution in [2.24, 2.45) is 0 Å². The largest absolute Gasteiger partial charge is 0.450 e. The van der Waals surface area contributed by atoms with E-state index >= 15 is 0 Å². The van der Waals surface area contributed by atoms with Crippen LogP contribution < -0.4 is 10.6 Å². The first-order valence-corrected chi connectivity index (χ1v) is 11.8. The van der Waals surface area contributed by atoms with Crippen LogP contribution in [0.4, 0.5) is 42.5 Å². The predicted molar refractivity (Wildman–Crippen MR) is 134 cm³/mol. The molecular weight excluding hydrogens is 573 g/mol. The minimum absolute atomic E-state index is 0.00722. The summed E-state index contributed by atoms with van der Waals surface area (Å²) in [5.41, 5.74) is -2.10. The molecule has 14 heteroatoms. The molecule has 0 radical (unpaired) electrons. The molecule has 0 aliphatic rings. The minimum atomic E-state index is -5.15. The third-order valence-electron chi connectivity index (χ3n) is 5.62. The van der Waals surface area contributed by atoms with Crippen LogP contribution in [0.15, 0.2) is 54.6 Å². The summed E-state index contributed by atoms with van der Waals surface area (Å²) in [5.74, 6) is -2.48. The number of alkyl halides is 6. The molecule has 0 saturated carbocycles. The topological polar surface area (TPSA) is 76.0 Å². The van der Waals surface area contributed by atoms with Gasteiger partial charge >= 0.3 is 18.4 Å². The number of anilines is 2. The summed E-state index contributed by atoms with van der Waals surface area (Å²) in [6.45, 7) is 1.68. The number of rotatable bonds is 4. The van der Waals surface area contributed by atoms with E-state index < -0.39 is 41.4 Å². The lowest BCUT2D eigenvalue weighted by atomic mass is 10.1. The number of amides is 2. The predicted octanol–water partition coefficient (Wildman–Crippen LogP) is 8.28. The number of imidazole rings is 1. The van der Waals surface area contributed by atoms with Gasteiger partial charge in [-0.2, -0.15) is 26.3 Å². The Hall–Kier alpha value is -3.77. The molecule has 204 valence electrons. The van der Waals surface area contributed by atoms with Crippen molar-refractivity contribution in [1.82, 2.24) is 9.55 Å². The number of nitrogens with one attached hydrogen (secondary N) is 2. The molecule has 4 rings (SSSR count). The smallest absolute Gasteiger partial charge is 0.320 e. The highest BCUT2D eigenvalue weighted by molar-refractivity contribution is 6.40. The Labute approximate surface area is 226 Å². The molecule has 0 spiro atoms. The minimum Gasteiger partial charge on any atom is -0.320 e. The van der Waals surface area contributed by atoms with Crippen LogP contribution in [0.25, 0.3) is 11.0 Å². The van der Waals surface area contributed by atoms with Crippen molar-refractivity contribution in [2.75, 3.05) is 10.6 Å². The molecule has 0 unspecified atom stereocenters. The zero-order valence-electron chi connectivity index (χ0n) is 19.6. The van der Waals surface area contributed by atoms with Crippen molar-refractivity contribution in [3.8, 4) is 0 Å². The third-order valence-corrected chi connectivity index (χ3v) is 6.25. The summed E-state index contributed by atoms with van der Waals surface area (Å²) in [4.78, 5) is 29.7. The van der Waals surface area contributed by atoms with Gasteiger partial charge in [0.05, 0.1) is 32.4 Å². The van der Waals surface area contributed by atoms with Gasteiger partial charge in [0.15, 0.2) is 0 Å². The highest BCUT2D eigenvalue weighted by atomic mass is 35.5. The molecule has 0 saturated heterocycles. The van der Waals surface area contributed by atoms with Crippen molar-refractivity contribution < 1.29 is 35.9 Å². The van der Waals surface area contributed by atoms with Crippen molar-refractivity contribution in [3.05, 3.63) is 87.2 Å². The van der Waals surface area contributed by atoms with Crippen LogP contribution in [0, 0.1) is 0 Å². The Kier molecular flexibility index (Phi) is 7.55. The summed E-state index contributed by atoms with van der Waals surface area (Å²) in [6, 6.07) is 8.89. The fourth-order valence-corrected chi connectivity index (χ4v) is 4.43. The highest BCUT2D eigenvalue weighted by Crippen LogP contribution is 2.37. The van der Waals surface area contributed by atoms with Crippen molar-refractivity contribution in [2.45, 2.75) is 25.7 Å². The molecule has 39 heavy (non-hydrogen) atoms. The molecule has 0 atom stereocenters. The molecule has 2 amide bonds. The molecule has 3 aromatic carbocycles. The molecule has 0 fully saturated rings. The molecule has 1 aromatic heterocycles. The maximum atomic E-state index is 14.0. The standard InChI is InChI=1S/C25H16Cl2F6N4O2/c1-2-12-9-10-17-20(19(12)35-21(38)18-15(26)7-4-8-16(18)27)36-22(25(31,32)33)37(17)23(39)34-14-6-3-5-13(11-14)24(28,29)30/h3-11H,2H2,1H3,(H,34,39)(H,35,38). The van der Waals surface area contributed by atoms with Gasteiger partial charge in [0.2, 0.25) is 5.82 Å². The number of halogens is 8. The Morgan fingerprint density at radius 2 is 1.54 bits per heavy atom. The van der Waals surface area contributed by atoms with E-state index in [1.165, 1.54) is 30.3 Å². The van der Waals surface area contributed by atoms with Crippen molar-refractivity contribution >= 4 is 57.5 Å². The molecular formula is C25H16Cl2F6N4O2. The van der Waals surface area contributed by atoms with Crippen LogP contribution in [-0.4, -0.2) is 21.5 Å². The molecule has 4 aromatic rings. The SMILES string of the molecule is CCc1ccc2c(nc(C(F)(F)F)n2C(=O)Nc2cccc(C(F)(F)F)c2)c1NC(=O)c1c(Cl)cccc1Cl. The van der Waals surface area contributed by atoms with E-state index in [-0.39, 0.29) is 43.3 Å².